The summed E-state index contributed by atoms with van der Waals surface area (Å²) in [6.07, 6.45) is 1.40. The van der Waals surface area contributed by atoms with Gasteiger partial charge in [0.25, 0.3) is 0 Å². The van der Waals surface area contributed by atoms with Gasteiger partial charge in [-0.2, -0.15) is 0 Å². The summed E-state index contributed by atoms with van der Waals surface area (Å²) < 4.78 is 0. The van der Waals surface area contributed by atoms with Crippen molar-refractivity contribution in [3.8, 4) is 0 Å². The molecule has 1 aromatic rings. The third-order valence-corrected chi connectivity index (χ3v) is 1.17. The van der Waals surface area contributed by atoms with E-state index in [1.807, 2.05) is 0 Å². The van der Waals surface area contributed by atoms with Crippen LogP contribution in [0.5, 0.6) is 0 Å². The molecule has 1 heterocycles. The van der Waals surface area contributed by atoms with E-state index in [9.17, 15) is 0 Å². The van der Waals surface area contributed by atoms with Crippen LogP contribution in [0.2, 0.25) is 0 Å². The highest BCUT2D eigenvalue weighted by Crippen LogP contribution is 1.92. The van der Waals surface area contributed by atoms with Crippen LogP contribution in [0.4, 0.5) is 0 Å². The Morgan fingerprint density at radius 2 is 1.92 bits per heavy atom. The second-order valence-corrected chi connectivity index (χ2v) is 2.09. The molecule has 6 heteroatoms. The zero-order valence-corrected chi connectivity index (χ0v) is 6.20. The number of nitrogens with one attached hydrogen (secondary N) is 2. The van der Waals surface area contributed by atoms with Crippen LogP contribution in [-0.4, -0.2) is 21.6 Å². The maximum atomic E-state index is 7.05. The molecule has 6 nitrogen and oxygen atoms in total. The van der Waals surface area contributed by atoms with E-state index >= 15 is 0 Å². The first-order chi connectivity index (χ1) is 5.61. The minimum Gasteiger partial charge on any atom is -0.382 e. The molecule has 1 rings (SSSR count). The van der Waals surface area contributed by atoms with Crippen LogP contribution in [0.3, 0.4) is 0 Å². The Morgan fingerprint density at radius 1 is 1.25 bits per heavy atom. The molecule has 0 aliphatic heterocycles. The first-order valence-corrected chi connectivity index (χ1v) is 3.13. The van der Waals surface area contributed by atoms with E-state index in [-0.39, 0.29) is 23.2 Å². The molecular formula is C6H8N6. The molecule has 6 N–H and O–H groups in total. The lowest BCUT2D eigenvalue weighted by molar-refractivity contribution is 1.09. The van der Waals surface area contributed by atoms with E-state index in [1.165, 1.54) is 12.3 Å². The summed E-state index contributed by atoms with van der Waals surface area (Å²) in [4.78, 5) is 7.47. The molecule has 0 saturated carbocycles. The maximum Gasteiger partial charge on any atom is 0.195 e. The number of nitrogens with zero attached hydrogens (tertiary/aromatic N) is 2. The fourth-order valence-electron chi connectivity index (χ4n) is 0.638. The normalized spacial score (nSPS) is 9.33. The SMILES string of the molecule is N=C(N)c1ccnc(C(=N)N)n1. The number of nitrogens with two attached hydrogens (primary N) is 2. The van der Waals surface area contributed by atoms with Gasteiger partial charge in [0.2, 0.25) is 0 Å². The first-order valence-electron chi connectivity index (χ1n) is 3.13. The highest BCUT2D eigenvalue weighted by Gasteiger charge is 2.02. The predicted molar refractivity (Wildman–Crippen MR) is 44.1 cm³/mol. The Labute approximate surface area is 68.7 Å². The molecule has 0 fully saturated rings. The van der Waals surface area contributed by atoms with Gasteiger partial charge in [0, 0.05) is 6.20 Å². The summed E-state index contributed by atoms with van der Waals surface area (Å²) in [5, 5.41) is 14.1. The summed E-state index contributed by atoms with van der Waals surface area (Å²) >= 11 is 0. The van der Waals surface area contributed by atoms with E-state index < -0.39 is 0 Å². The zero-order chi connectivity index (χ0) is 9.14. The standard InChI is InChI=1S/C6H8N6/c7-4(8)3-1-2-11-6(12-3)5(9)10/h1-2H,(H3,7,8)(H3,9,10). The minimum absolute atomic E-state index is 0.0858. The molecule has 0 unspecified atom stereocenters. The highest BCUT2D eigenvalue weighted by atomic mass is 15.0. The quantitative estimate of drug-likeness (QED) is 0.332. The molecular weight excluding hydrogens is 156 g/mol. The van der Waals surface area contributed by atoms with Crippen molar-refractivity contribution in [2.45, 2.75) is 0 Å². The molecule has 0 aliphatic carbocycles. The number of hydrogen-bond donors (Lipinski definition) is 4. The molecule has 0 saturated heterocycles. The lowest BCUT2D eigenvalue weighted by atomic mass is 10.3. The Hall–Kier alpha value is -1.98. The third-order valence-electron chi connectivity index (χ3n) is 1.17. The first kappa shape index (κ1) is 8.12. The molecule has 62 valence electrons. The monoisotopic (exact) mass is 164 g/mol. The number of aromatic nitrogens is 2. The van der Waals surface area contributed by atoms with Crippen molar-refractivity contribution in [2.75, 3.05) is 0 Å². The van der Waals surface area contributed by atoms with Crippen LogP contribution in [-0.2, 0) is 0 Å². The minimum atomic E-state index is -0.238. The summed E-state index contributed by atoms with van der Waals surface area (Å²) in [6, 6.07) is 1.48. The highest BCUT2D eigenvalue weighted by molar-refractivity contribution is 5.95. The number of rotatable bonds is 2. The van der Waals surface area contributed by atoms with Gasteiger partial charge >= 0.3 is 0 Å². The summed E-state index contributed by atoms with van der Waals surface area (Å²) in [6.45, 7) is 0. The van der Waals surface area contributed by atoms with Crippen molar-refractivity contribution in [1.82, 2.24) is 9.97 Å². The second kappa shape index (κ2) is 2.95. The topological polar surface area (TPSA) is 126 Å². The molecule has 1 aromatic heterocycles. The van der Waals surface area contributed by atoms with Gasteiger partial charge in [0.15, 0.2) is 11.7 Å². The zero-order valence-electron chi connectivity index (χ0n) is 6.20. The van der Waals surface area contributed by atoms with Crippen molar-refractivity contribution in [2.24, 2.45) is 11.5 Å². The fourth-order valence-corrected chi connectivity index (χ4v) is 0.638. The van der Waals surface area contributed by atoms with Crippen molar-refractivity contribution < 1.29 is 0 Å². The maximum absolute atomic E-state index is 7.05. The van der Waals surface area contributed by atoms with Crippen LogP contribution >= 0.6 is 0 Å². The van der Waals surface area contributed by atoms with Gasteiger partial charge in [-0.25, -0.2) is 9.97 Å². The van der Waals surface area contributed by atoms with Crippen LogP contribution < -0.4 is 11.5 Å². The molecule has 0 amide bonds. The second-order valence-electron chi connectivity index (χ2n) is 2.09. The Kier molecular flexibility index (Phi) is 2.00. The Morgan fingerprint density at radius 3 is 2.42 bits per heavy atom. The molecule has 0 aromatic carbocycles. The van der Waals surface area contributed by atoms with E-state index in [2.05, 4.69) is 9.97 Å². The van der Waals surface area contributed by atoms with Gasteiger partial charge in [0.05, 0.1) is 0 Å². The lowest BCUT2D eigenvalue weighted by Crippen LogP contribution is -2.19. The average molecular weight is 164 g/mol. The van der Waals surface area contributed by atoms with Gasteiger partial charge in [-0.1, -0.05) is 0 Å². The van der Waals surface area contributed by atoms with Crippen molar-refractivity contribution >= 4 is 11.7 Å². The summed E-state index contributed by atoms with van der Waals surface area (Å²) in [5.41, 5.74) is 10.6. The molecule has 0 aliphatic rings. The predicted octanol–water partition coefficient (Wildman–Crippen LogP) is -0.955. The number of hydrogen-bond acceptors (Lipinski definition) is 4. The van der Waals surface area contributed by atoms with E-state index in [0.717, 1.165) is 0 Å². The van der Waals surface area contributed by atoms with Gasteiger partial charge in [-0.3, -0.25) is 10.8 Å². The van der Waals surface area contributed by atoms with Gasteiger partial charge in [-0.05, 0) is 6.07 Å². The van der Waals surface area contributed by atoms with Gasteiger partial charge < -0.3 is 11.5 Å². The van der Waals surface area contributed by atoms with Crippen molar-refractivity contribution in [1.29, 1.82) is 10.8 Å². The fraction of sp³-hybridized carbons (Fsp3) is 0. The average Bonchev–Trinajstić information content (AvgIpc) is 2.04. The molecule has 0 bridgehead atoms. The summed E-state index contributed by atoms with van der Waals surface area (Å²) in [7, 11) is 0. The van der Waals surface area contributed by atoms with Crippen LogP contribution in [0.1, 0.15) is 11.5 Å². The van der Waals surface area contributed by atoms with Crippen LogP contribution in [0, 0.1) is 10.8 Å². The molecule has 0 spiro atoms. The van der Waals surface area contributed by atoms with Crippen LogP contribution in [0.15, 0.2) is 12.3 Å². The molecule has 0 atom stereocenters. The van der Waals surface area contributed by atoms with E-state index in [4.69, 9.17) is 22.3 Å². The lowest BCUT2D eigenvalue weighted by Gasteiger charge is -1.98. The van der Waals surface area contributed by atoms with Gasteiger partial charge in [-0.15, -0.1) is 0 Å². The Balaban J connectivity index is 3.12. The molecule has 12 heavy (non-hydrogen) atoms. The van der Waals surface area contributed by atoms with Crippen LogP contribution in [0.25, 0.3) is 0 Å². The summed E-state index contributed by atoms with van der Waals surface area (Å²) in [5.74, 6) is -0.319. The largest absolute Gasteiger partial charge is 0.382 e. The third kappa shape index (κ3) is 1.54. The van der Waals surface area contributed by atoms with Crippen molar-refractivity contribution in [3.05, 3.63) is 23.8 Å². The van der Waals surface area contributed by atoms with Crippen molar-refractivity contribution in [3.63, 3.8) is 0 Å². The van der Waals surface area contributed by atoms with Gasteiger partial charge in [0.1, 0.15) is 11.5 Å². The van der Waals surface area contributed by atoms with E-state index in [0.29, 0.717) is 0 Å². The number of nitrogen functional groups attached to an aromatic ring is 2. The van der Waals surface area contributed by atoms with E-state index in [1.54, 1.807) is 0 Å². The number of amidine groups is 2. The Bertz CT molecular complexity index is 301. The molecule has 0 radical (unpaired) electrons. The smallest absolute Gasteiger partial charge is 0.195 e.